The van der Waals surface area contributed by atoms with E-state index in [1.54, 1.807) is 18.1 Å². The first-order valence-corrected chi connectivity index (χ1v) is 14.4. The molecule has 0 bridgehead atoms. The lowest BCUT2D eigenvalue weighted by Crippen LogP contribution is -2.49. The topological polar surface area (TPSA) is 109 Å². The average Bonchev–Trinajstić information content (AvgIpc) is 3.46. The normalized spacial score (nSPS) is 15.9. The first kappa shape index (κ1) is 27.4. The van der Waals surface area contributed by atoms with Crippen LogP contribution in [-0.2, 0) is 18.7 Å². The van der Waals surface area contributed by atoms with E-state index < -0.39 is 11.6 Å². The van der Waals surface area contributed by atoms with Gasteiger partial charge in [0.2, 0.25) is 0 Å². The number of carboxylic acid groups (broad SMARTS) is 1. The molecule has 1 N–H and O–H groups in total. The van der Waals surface area contributed by atoms with Crippen LogP contribution in [0, 0.1) is 13.8 Å². The molecule has 0 unspecified atom stereocenters. The molecule has 1 amide bonds. The molecule has 4 aliphatic rings. The number of rotatable bonds is 6. The summed E-state index contributed by atoms with van der Waals surface area (Å²) in [6.07, 6.45) is 4.16. The molecule has 1 fully saturated rings. The van der Waals surface area contributed by atoms with E-state index in [4.69, 9.17) is 19.3 Å². The number of amidine groups is 1. The molecule has 0 saturated carbocycles. The van der Waals surface area contributed by atoms with Crippen LogP contribution in [-0.4, -0.2) is 79.1 Å². The van der Waals surface area contributed by atoms with Gasteiger partial charge in [-0.15, -0.1) is 0 Å². The average molecular weight is 552 g/mol. The second-order valence-corrected chi connectivity index (χ2v) is 12.0. The third kappa shape index (κ3) is 5.34. The van der Waals surface area contributed by atoms with Gasteiger partial charge < -0.3 is 14.7 Å². The maximum absolute atomic E-state index is 12.5. The molecule has 39 heavy (non-hydrogen) atoms. The van der Waals surface area contributed by atoms with E-state index in [2.05, 4.69) is 16.0 Å². The Morgan fingerprint density at radius 2 is 1.95 bits per heavy atom. The van der Waals surface area contributed by atoms with E-state index in [9.17, 15) is 9.90 Å². The van der Waals surface area contributed by atoms with Crippen LogP contribution in [0.15, 0.2) is 16.7 Å². The fourth-order valence-electron chi connectivity index (χ4n) is 5.60. The molecule has 5 rings (SSSR count). The number of nitrogens with zero attached hydrogens (tertiary/aromatic N) is 7. The van der Waals surface area contributed by atoms with Crippen molar-refractivity contribution < 1.29 is 14.6 Å². The van der Waals surface area contributed by atoms with Crippen molar-refractivity contribution >= 4 is 23.9 Å². The highest BCUT2D eigenvalue weighted by molar-refractivity contribution is 7.97. The molecule has 0 aromatic carbocycles. The monoisotopic (exact) mass is 551 g/mol. The Kier molecular flexibility index (Phi) is 7.56. The van der Waals surface area contributed by atoms with Crippen LogP contribution in [0.2, 0.25) is 0 Å². The first-order chi connectivity index (χ1) is 18.6. The summed E-state index contributed by atoms with van der Waals surface area (Å²) in [6.45, 7) is 13.2. The minimum Gasteiger partial charge on any atom is -0.496 e. The molecule has 0 atom stereocenters. The number of methoxy groups -OCH3 is 1. The molecule has 1 saturated heterocycles. The Hall–Kier alpha value is -3.18. The van der Waals surface area contributed by atoms with Gasteiger partial charge >= 0.3 is 6.09 Å². The SMILES string of the molecule is COc1c(C)cnc(Cn2nc3cc(CCN4CCCC4)c4c-3c(n2)C(N(C(=O)O)C(C)(C)C)=NSC4)c1C. The summed E-state index contributed by atoms with van der Waals surface area (Å²) < 4.78 is 10.3. The molecule has 208 valence electrons. The number of likely N-dealkylation sites (tertiary alicyclic amines) is 1. The number of aryl methyl sites for hydroxylation is 1. The number of hydrogen-bond donors (Lipinski definition) is 1. The summed E-state index contributed by atoms with van der Waals surface area (Å²) >= 11 is 1.37. The van der Waals surface area contributed by atoms with E-state index >= 15 is 0 Å². The molecule has 1 aromatic heterocycles. The zero-order valence-corrected chi connectivity index (χ0v) is 24.4. The number of ether oxygens (including phenoxy) is 1. The van der Waals surface area contributed by atoms with Gasteiger partial charge in [-0.2, -0.15) is 19.4 Å². The largest absolute Gasteiger partial charge is 0.496 e. The van der Waals surface area contributed by atoms with Gasteiger partial charge in [0.25, 0.3) is 0 Å². The quantitative estimate of drug-likeness (QED) is 0.436. The Morgan fingerprint density at radius 3 is 2.62 bits per heavy atom. The van der Waals surface area contributed by atoms with E-state index in [0.29, 0.717) is 23.8 Å². The van der Waals surface area contributed by atoms with Gasteiger partial charge in [0, 0.05) is 40.7 Å². The van der Waals surface area contributed by atoms with Gasteiger partial charge in [0.1, 0.15) is 18.0 Å². The predicted octanol–water partition coefficient (Wildman–Crippen LogP) is 4.78. The lowest BCUT2D eigenvalue weighted by Gasteiger charge is -2.33. The van der Waals surface area contributed by atoms with E-state index in [0.717, 1.165) is 65.4 Å². The standard InChI is InChI=1S/C28H37N7O3S/c1-17-14-29-22(18(2)25(17)38-6)15-34-30-21-13-19(9-12-33-10-7-8-11-33)20-16-39-32-26(24(31-34)23(20)21)35(27(36)37)28(3,4)5/h13-14H,7-12,15-16H2,1-6H3,(H,36,37). The van der Waals surface area contributed by atoms with Crippen molar-refractivity contribution in [3.8, 4) is 17.0 Å². The van der Waals surface area contributed by atoms with Crippen molar-refractivity contribution in [1.82, 2.24) is 29.8 Å². The fourth-order valence-corrected chi connectivity index (χ4v) is 6.42. The van der Waals surface area contributed by atoms with Gasteiger partial charge in [-0.3, -0.25) is 9.88 Å². The molecular weight excluding hydrogens is 514 g/mol. The van der Waals surface area contributed by atoms with Crippen molar-refractivity contribution in [2.24, 2.45) is 4.40 Å². The second-order valence-electron chi connectivity index (χ2n) is 11.3. The van der Waals surface area contributed by atoms with Crippen molar-refractivity contribution in [1.29, 1.82) is 0 Å². The molecule has 3 aliphatic heterocycles. The van der Waals surface area contributed by atoms with Crippen LogP contribution in [0.5, 0.6) is 5.75 Å². The third-order valence-corrected chi connectivity index (χ3v) is 8.23. The van der Waals surface area contributed by atoms with Gasteiger partial charge in [-0.25, -0.2) is 4.79 Å². The van der Waals surface area contributed by atoms with E-state index in [-0.39, 0.29) is 0 Å². The van der Waals surface area contributed by atoms with E-state index in [1.807, 2.05) is 34.6 Å². The van der Waals surface area contributed by atoms with Crippen molar-refractivity contribution in [2.75, 3.05) is 26.7 Å². The zero-order valence-electron chi connectivity index (χ0n) is 23.6. The summed E-state index contributed by atoms with van der Waals surface area (Å²) in [7, 11) is 1.66. The highest BCUT2D eigenvalue weighted by atomic mass is 32.2. The lowest BCUT2D eigenvalue weighted by molar-refractivity contribution is 0.141. The number of aromatic nitrogens is 4. The van der Waals surface area contributed by atoms with Gasteiger partial charge in [0.05, 0.1) is 18.5 Å². The number of amides is 1. The van der Waals surface area contributed by atoms with Crippen LogP contribution in [0.3, 0.4) is 0 Å². The Labute approximate surface area is 233 Å². The third-order valence-electron chi connectivity index (χ3n) is 7.51. The van der Waals surface area contributed by atoms with Crippen LogP contribution < -0.4 is 4.74 Å². The number of carbonyl (C=O) groups is 1. The molecule has 1 aromatic rings. The minimum atomic E-state index is -1.06. The second kappa shape index (κ2) is 10.8. The van der Waals surface area contributed by atoms with Crippen molar-refractivity contribution in [3.63, 3.8) is 0 Å². The van der Waals surface area contributed by atoms with Crippen LogP contribution in [0.25, 0.3) is 11.3 Å². The predicted molar refractivity (Wildman–Crippen MR) is 153 cm³/mol. The fraction of sp³-hybridized carbons (Fsp3) is 0.536. The first-order valence-electron chi connectivity index (χ1n) is 13.4. The molecule has 11 heteroatoms. The Morgan fingerprint density at radius 1 is 1.21 bits per heavy atom. The smallest absolute Gasteiger partial charge is 0.413 e. The van der Waals surface area contributed by atoms with Crippen LogP contribution >= 0.6 is 11.9 Å². The van der Waals surface area contributed by atoms with Gasteiger partial charge in [-0.1, -0.05) is 0 Å². The maximum atomic E-state index is 12.5. The lowest BCUT2D eigenvalue weighted by atomic mass is 10.0. The van der Waals surface area contributed by atoms with Crippen molar-refractivity contribution in [2.45, 2.75) is 71.7 Å². The number of pyridine rings is 1. The molecule has 10 nitrogen and oxygen atoms in total. The van der Waals surface area contributed by atoms with Gasteiger partial charge in [0.15, 0.2) is 5.84 Å². The molecule has 4 heterocycles. The molecule has 0 spiro atoms. The summed E-state index contributed by atoms with van der Waals surface area (Å²) in [5.41, 5.74) is 6.60. The number of hydrogen-bond acceptors (Lipinski definition) is 8. The summed E-state index contributed by atoms with van der Waals surface area (Å²) in [6, 6.07) is 2.16. The van der Waals surface area contributed by atoms with Crippen LogP contribution in [0.4, 0.5) is 4.79 Å². The molecule has 1 aliphatic carbocycles. The van der Waals surface area contributed by atoms with Crippen molar-refractivity contribution in [3.05, 3.63) is 45.9 Å². The zero-order chi connectivity index (χ0) is 27.9. The summed E-state index contributed by atoms with van der Waals surface area (Å²) in [4.78, 5) is 22.6. The van der Waals surface area contributed by atoms with E-state index in [1.165, 1.54) is 35.3 Å². The highest BCUT2D eigenvalue weighted by Crippen LogP contribution is 2.40. The summed E-state index contributed by atoms with van der Waals surface area (Å²) in [5.74, 6) is 1.78. The Bertz CT molecular complexity index is 1390. The highest BCUT2D eigenvalue weighted by Gasteiger charge is 2.37. The van der Waals surface area contributed by atoms with Crippen LogP contribution in [0.1, 0.15) is 67.3 Å². The maximum Gasteiger partial charge on any atom is 0.413 e. The Balaban J connectivity index is 1.63. The molecular formula is C28H37N7O3S. The minimum absolute atomic E-state index is 0.318. The summed E-state index contributed by atoms with van der Waals surface area (Å²) in [5, 5.41) is 20.1. The molecule has 0 radical (unpaired) electrons. The van der Waals surface area contributed by atoms with Gasteiger partial charge in [-0.05, 0) is 96.1 Å².